The lowest BCUT2D eigenvalue weighted by Crippen LogP contribution is -2.52. The van der Waals surface area contributed by atoms with E-state index in [0.717, 1.165) is 47.9 Å². The number of benzene rings is 1. The van der Waals surface area contributed by atoms with Gasteiger partial charge in [0.2, 0.25) is 0 Å². The molecule has 0 radical (unpaired) electrons. The summed E-state index contributed by atoms with van der Waals surface area (Å²) in [5.41, 5.74) is 2.23. The number of piperidine rings is 1. The summed E-state index contributed by atoms with van der Waals surface area (Å²) in [6, 6.07) is 9.72. The zero-order valence-electron chi connectivity index (χ0n) is 15.0. The quantitative estimate of drug-likeness (QED) is 0.699. The molecule has 142 valence electrons. The number of aromatic nitrogens is 3. The summed E-state index contributed by atoms with van der Waals surface area (Å²) in [6.07, 6.45) is 5.04. The number of hydrogen-bond acceptors (Lipinski definition) is 5. The Bertz CT molecular complexity index is 885. The second-order valence-electron chi connectivity index (χ2n) is 6.56. The number of carbonyl (C=O) groups is 1. The predicted octanol–water partition coefficient (Wildman–Crippen LogP) is 3.45. The third-order valence-corrected chi connectivity index (χ3v) is 5.81. The van der Waals surface area contributed by atoms with Crippen LogP contribution in [0.5, 0.6) is 0 Å². The van der Waals surface area contributed by atoms with Gasteiger partial charge in [0, 0.05) is 34.7 Å². The Morgan fingerprint density at radius 3 is 2.59 bits per heavy atom. The monoisotopic (exact) mass is 403 g/mol. The highest BCUT2D eigenvalue weighted by Gasteiger charge is 2.42. The smallest absolute Gasteiger partial charge is 0.252 e. The van der Waals surface area contributed by atoms with E-state index in [1.54, 1.807) is 22.2 Å². The molecule has 3 aromatic rings. The molecular weight excluding hydrogens is 382 g/mol. The Morgan fingerprint density at radius 2 is 2.00 bits per heavy atom. The van der Waals surface area contributed by atoms with Crippen molar-refractivity contribution in [3.63, 3.8) is 0 Å². The summed E-state index contributed by atoms with van der Waals surface area (Å²) >= 11 is 1.63. The van der Waals surface area contributed by atoms with Crippen molar-refractivity contribution in [2.75, 3.05) is 18.4 Å². The maximum absolute atomic E-state index is 13.1. The van der Waals surface area contributed by atoms with Crippen molar-refractivity contribution in [1.29, 1.82) is 0 Å². The molecule has 0 bridgehead atoms. The highest BCUT2D eigenvalue weighted by atomic mass is 35.5. The van der Waals surface area contributed by atoms with Crippen LogP contribution >= 0.6 is 23.7 Å². The first-order valence-electron chi connectivity index (χ1n) is 8.72. The third-order valence-electron chi connectivity index (χ3n) is 4.81. The van der Waals surface area contributed by atoms with Gasteiger partial charge in [0.05, 0.1) is 0 Å². The molecule has 1 aliphatic heterocycles. The first-order valence-corrected chi connectivity index (χ1v) is 9.60. The van der Waals surface area contributed by atoms with E-state index >= 15 is 0 Å². The van der Waals surface area contributed by atoms with Crippen molar-refractivity contribution in [3.8, 4) is 10.6 Å². The van der Waals surface area contributed by atoms with Crippen LogP contribution in [0.3, 0.4) is 0 Å². The number of amides is 1. The highest BCUT2D eigenvalue weighted by molar-refractivity contribution is 7.13. The number of aryl methyl sites for hydroxylation is 1. The van der Waals surface area contributed by atoms with Gasteiger partial charge in [0.25, 0.3) is 5.91 Å². The molecule has 0 unspecified atom stereocenters. The summed E-state index contributed by atoms with van der Waals surface area (Å²) in [4.78, 5) is 17.6. The van der Waals surface area contributed by atoms with E-state index in [-0.39, 0.29) is 18.3 Å². The highest BCUT2D eigenvalue weighted by Crippen LogP contribution is 2.30. The number of nitrogens with one attached hydrogen (secondary N) is 2. The Hall–Kier alpha value is -2.22. The van der Waals surface area contributed by atoms with E-state index in [4.69, 9.17) is 0 Å². The first-order chi connectivity index (χ1) is 12.7. The molecule has 0 atom stereocenters. The topological polar surface area (TPSA) is 71.8 Å². The molecule has 0 spiro atoms. The van der Waals surface area contributed by atoms with Crippen LogP contribution in [0, 0.1) is 6.92 Å². The zero-order chi connectivity index (χ0) is 18.0. The zero-order valence-corrected chi connectivity index (χ0v) is 16.6. The Kier molecular flexibility index (Phi) is 5.94. The molecule has 6 nitrogen and oxygen atoms in total. The largest absolute Gasteiger partial charge is 0.324 e. The van der Waals surface area contributed by atoms with Crippen LogP contribution in [0.25, 0.3) is 10.6 Å². The fourth-order valence-electron chi connectivity index (χ4n) is 3.35. The summed E-state index contributed by atoms with van der Waals surface area (Å²) < 4.78 is 1.80. The van der Waals surface area contributed by atoms with E-state index in [2.05, 4.69) is 20.7 Å². The van der Waals surface area contributed by atoms with Crippen LogP contribution in [0.15, 0.2) is 48.1 Å². The van der Waals surface area contributed by atoms with E-state index in [9.17, 15) is 4.79 Å². The normalized spacial score (nSPS) is 15.7. The maximum Gasteiger partial charge on any atom is 0.252 e. The minimum Gasteiger partial charge on any atom is -0.324 e. The molecule has 3 heterocycles. The van der Waals surface area contributed by atoms with Gasteiger partial charge in [0.1, 0.15) is 10.5 Å². The average molecular weight is 404 g/mol. The van der Waals surface area contributed by atoms with Crippen LogP contribution in [0.2, 0.25) is 0 Å². The molecule has 1 saturated heterocycles. The van der Waals surface area contributed by atoms with Gasteiger partial charge in [-0.05, 0) is 63.2 Å². The van der Waals surface area contributed by atoms with Gasteiger partial charge in [-0.1, -0.05) is 0 Å². The van der Waals surface area contributed by atoms with Crippen molar-refractivity contribution < 1.29 is 4.79 Å². The molecule has 1 aliphatic rings. The van der Waals surface area contributed by atoms with E-state index in [1.807, 2.05) is 48.8 Å². The van der Waals surface area contributed by atoms with Crippen LogP contribution in [0.4, 0.5) is 5.69 Å². The van der Waals surface area contributed by atoms with Crippen molar-refractivity contribution in [1.82, 2.24) is 20.1 Å². The van der Waals surface area contributed by atoms with Crippen LogP contribution in [0.1, 0.15) is 18.5 Å². The molecule has 1 amide bonds. The van der Waals surface area contributed by atoms with Gasteiger partial charge in [0.15, 0.2) is 0 Å². The Balaban J connectivity index is 0.00000210. The van der Waals surface area contributed by atoms with Gasteiger partial charge >= 0.3 is 0 Å². The van der Waals surface area contributed by atoms with Crippen molar-refractivity contribution in [2.45, 2.75) is 25.3 Å². The van der Waals surface area contributed by atoms with Crippen molar-refractivity contribution >= 4 is 35.3 Å². The fourth-order valence-corrected chi connectivity index (χ4v) is 4.16. The molecule has 1 aromatic carbocycles. The second-order valence-corrected chi connectivity index (χ2v) is 7.42. The number of thiazole rings is 1. The lowest BCUT2D eigenvalue weighted by Gasteiger charge is -2.36. The Morgan fingerprint density at radius 1 is 1.26 bits per heavy atom. The predicted molar refractivity (Wildman–Crippen MR) is 110 cm³/mol. The standard InChI is InChI=1S/C19H21N5OS.ClH/c1-14-13-26-17(22-14)15-3-5-16(6-4-15)23-18(25)19(7-10-20-11-8-19)24-12-2-9-21-24;/h2-6,9,12-13,20H,7-8,10-11H2,1H3,(H,23,25);1H. The van der Waals surface area contributed by atoms with Crippen LogP contribution < -0.4 is 10.6 Å². The van der Waals surface area contributed by atoms with E-state index < -0.39 is 5.54 Å². The maximum atomic E-state index is 13.1. The molecular formula is C19H22ClN5OS. The summed E-state index contributed by atoms with van der Waals surface area (Å²) in [6.45, 7) is 3.59. The minimum atomic E-state index is -0.639. The van der Waals surface area contributed by atoms with Gasteiger partial charge in [-0.3, -0.25) is 9.48 Å². The van der Waals surface area contributed by atoms with E-state index in [1.165, 1.54) is 0 Å². The fraction of sp³-hybridized carbons (Fsp3) is 0.316. The molecule has 0 saturated carbocycles. The third kappa shape index (κ3) is 3.90. The second kappa shape index (κ2) is 8.21. The van der Waals surface area contributed by atoms with E-state index in [0.29, 0.717) is 0 Å². The van der Waals surface area contributed by atoms with Gasteiger partial charge in [-0.15, -0.1) is 23.7 Å². The molecule has 27 heavy (non-hydrogen) atoms. The Labute approximate surface area is 168 Å². The molecule has 2 N–H and O–H groups in total. The van der Waals surface area contributed by atoms with Crippen LogP contribution in [-0.4, -0.2) is 33.8 Å². The first kappa shape index (κ1) is 19.5. The number of nitrogens with zero attached hydrogens (tertiary/aromatic N) is 3. The number of halogens is 1. The molecule has 1 fully saturated rings. The number of rotatable bonds is 4. The summed E-state index contributed by atoms with van der Waals surface area (Å²) in [5.74, 6) is -0.0134. The number of carbonyl (C=O) groups excluding carboxylic acids is 1. The molecule has 8 heteroatoms. The molecule has 0 aliphatic carbocycles. The molecule has 4 rings (SSSR count). The summed E-state index contributed by atoms with van der Waals surface area (Å²) in [5, 5.41) is 13.8. The number of anilines is 1. The SMILES string of the molecule is Cc1csc(-c2ccc(NC(=O)C3(n4cccn4)CCNCC3)cc2)n1.Cl. The average Bonchev–Trinajstić information content (AvgIpc) is 3.35. The minimum absolute atomic E-state index is 0. The van der Waals surface area contributed by atoms with Crippen LogP contribution in [-0.2, 0) is 10.3 Å². The van der Waals surface area contributed by atoms with Gasteiger partial charge < -0.3 is 10.6 Å². The lowest BCUT2D eigenvalue weighted by atomic mass is 9.87. The van der Waals surface area contributed by atoms with Crippen molar-refractivity contribution in [2.24, 2.45) is 0 Å². The van der Waals surface area contributed by atoms with Gasteiger partial charge in [-0.2, -0.15) is 5.10 Å². The lowest BCUT2D eigenvalue weighted by molar-refractivity contribution is -0.126. The van der Waals surface area contributed by atoms with Gasteiger partial charge in [-0.25, -0.2) is 4.98 Å². The molecule has 2 aromatic heterocycles. The summed E-state index contributed by atoms with van der Waals surface area (Å²) in [7, 11) is 0. The number of hydrogen-bond donors (Lipinski definition) is 2. The van der Waals surface area contributed by atoms with Crippen molar-refractivity contribution in [3.05, 3.63) is 53.8 Å².